The highest BCUT2D eigenvalue weighted by atomic mass is 32.2. The second-order valence-electron chi connectivity index (χ2n) is 4.37. The Balaban J connectivity index is 2.55. The van der Waals surface area contributed by atoms with Gasteiger partial charge in [0.2, 0.25) is 15.9 Å². The second-order valence-corrected chi connectivity index (χ2v) is 6.20. The van der Waals surface area contributed by atoms with Gasteiger partial charge < -0.3 is 5.32 Å². The largest absolute Gasteiger partial charge is 0.349 e. The van der Waals surface area contributed by atoms with E-state index in [1.54, 1.807) is 0 Å². The molecule has 0 fully saturated rings. The summed E-state index contributed by atoms with van der Waals surface area (Å²) >= 11 is 0. The lowest BCUT2D eigenvalue weighted by atomic mass is 10.1. The predicted octanol–water partition coefficient (Wildman–Crippen LogP) is 1.08. The molecule has 2 N–H and O–H groups in total. The topological polar surface area (TPSA) is 75.3 Å². The minimum atomic E-state index is -3.35. The molecule has 1 rings (SSSR count). The van der Waals surface area contributed by atoms with Crippen LogP contribution in [-0.2, 0) is 14.8 Å². The fraction of sp³-hybridized carbons (Fsp3) is 0.417. The van der Waals surface area contributed by atoms with Crippen LogP contribution in [0.2, 0.25) is 0 Å². The third-order valence-corrected chi connectivity index (χ3v) is 3.25. The first-order valence-corrected chi connectivity index (χ1v) is 7.77. The van der Waals surface area contributed by atoms with Gasteiger partial charge in [-0.15, -0.1) is 0 Å². The molecule has 0 spiro atoms. The van der Waals surface area contributed by atoms with Crippen LogP contribution in [0.3, 0.4) is 0 Å². The molecule has 0 radical (unpaired) electrons. The average Bonchev–Trinajstić information content (AvgIpc) is 2.30. The van der Waals surface area contributed by atoms with E-state index < -0.39 is 33.6 Å². The van der Waals surface area contributed by atoms with Crippen molar-refractivity contribution < 1.29 is 22.0 Å². The van der Waals surface area contributed by atoms with Crippen LogP contribution >= 0.6 is 0 Å². The Kier molecular flexibility index (Phi) is 5.58. The van der Waals surface area contributed by atoms with E-state index in [2.05, 4.69) is 10.0 Å². The third kappa shape index (κ3) is 5.62. The molecule has 20 heavy (non-hydrogen) atoms. The van der Waals surface area contributed by atoms with Crippen molar-refractivity contribution in [2.45, 2.75) is 19.4 Å². The van der Waals surface area contributed by atoms with Crippen molar-refractivity contribution in [3.8, 4) is 0 Å². The Hall–Kier alpha value is -1.54. The molecular formula is C12H16F2N2O3S. The molecule has 0 saturated carbocycles. The smallest absolute Gasteiger partial charge is 0.221 e. The van der Waals surface area contributed by atoms with E-state index in [0.29, 0.717) is 0 Å². The van der Waals surface area contributed by atoms with Crippen LogP contribution in [0.15, 0.2) is 18.2 Å². The third-order valence-electron chi connectivity index (χ3n) is 2.52. The zero-order valence-corrected chi connectivity index (χ0v) is 11.9. The van der Waals surface area contributed by atoms with Gasteiger partial charge in [-0.1, -0.05) is 0 Å². The summed E-state index contributed by atoms with van der Waals surface area (Å²) in [7, 11) is -3.35. The molecule has 0 aliphatic heterocycles. The molecule has 1 amide bonds. The van der Waals surface area contributed by atoms with Gasteiger partial charge in [0.05, 0.1) is 12.3 Å². The summed E-state index contributed by atoms with van der Waals surface area (Å²) < 4.78 is 50.3. The maximum atomic E-state index is 13.5. The molecule has 0 aliphatic rings. The van der Waals surface area contributed by atoms with Crippen molar-refractivity contribution in [3.05, 3.63) is 35.4 Å². The van der Waals surface area contributed by atoms with Crippen molar-refractivity contribution in [2.24, 2.45) is 0 Å². The lowest BCUT2D eigenvalue weighted by Gasteiger charge is -2.15. The minimum absolute atomic E-state index is 0.0365. The summed E-state index contributed by atoms with van der Waals surface area (Å²) in [5.41, 5.74) is 0.0365. The molecule has 0 bridgehead atoms. The van der Waals surface area contributed by atoms with Gasteiger partial charge in [-0.3, -0.25) is 4.79 Å². The molecule has 8 heteroatoms. The summed E-state index contributed by atoms with van der Waals surface area (Å²) in [6.07, 6.45) is 0.893. The lowest BCUT2D eigenvalue weighted by Crippen LogP contribution is -2.31. The molecular weight excluding hydrogens is 290 g/mol. The van der Waals surface area contributed by atoms with Crippen LogP contribution in [-0.4, -0.2) is 27.1 Å². The van der Waals surface area contributed by atoms with Crippen molar-refractivity contribution >= 4 is 15.9 Å². The molecule has 0 heterocycles. The monoisotopic (exact) mass is 306 g/mol. The van der Waals surface area contributed by atoms with E-state index in [9.17, 15) is 22.0 Å². The van der Waals surface area contributed by atoms with E-state index in [4.69, 9.17) is 0 Å². The van der Waals surface area contributed by atoms with E-state index in [-0.39, 0.29) is 18.5 Å². The quantitative estimate of drug-likeness (QED) is 0.826. The fourth-order valence-corrected chi connectivity index (χ4v) is 2.06. The SMILES string of the molecule is CC(NC(=O)CCNS(C)(=O)=O)c1cc(F)ccc1F. The number of carbonyl (C=O) groups excluding carboxylic acids is 1. The summed E-state index contributed by atoms with van der Waals surface area (Å²) in [5, 5.41) is 2.47. The van der Waals surface area contributed by atoms with Gasteiger partial charge in [0.15, 0.2) is 0 Å². The summed E-state index contributed by atoms with van der Waals surface area (Å²) in [4.78, 5) is 11.5. The van der Waals surface area contributed by atoms with Crippen LogP contribution in [0, 0.1) is 11.6 Å². The lowest BCUT2D eigenvalue weighted by molar-refractivity contribution is -0.121. The van der Waals surface area contributed by atoms with Crippen molar-refractivity contribution in [1.29, 1.82) is 0 Å². The Morgan fingerprint density at radius 2 is 2.00 bits per heavy atom. The van der Waals surface area contributed by atoms with Crippen LogP contribution in [0.5, 0.6) is 0 Å². The average molecular weight is 306 g/mol. The number of sulfonamides is 1. The van der Waals surface area contributed by atoms with Gasteiger partial charge in [-0.25, -0.2) is 21.9 Å². The van der Waals surface area contributed by atoms with Crippen LogP contribution < -0.4 is 10.0 Å². The van der Waals surface area contributed by atoms with Crippen molar-refractivity contribution in [3.63, 3.8) is 0 Å². The first-order valence-electron chi connectivity index (χ1n) is 5.88. The summed E-state index contributed by atoms with van der Waals surface area (Å²) in [6.45, 7) is 1.46. The second kappa shape index (κ2) is 6.76. The standard InChI is InChI=1S/C12H16F2N2O3S/c1-8(10-7-9(13)3-4-11(10)14)16-12(17)5-6-15-20(2,18)19/h3-4,7-8,15H,5-6H2,1-2H3,(H,16,17). The molecule has 0 saturated heterocycles. The number of nitrogens with one attached hydrogen (secondary N) is 2. The minimum Gasteiger partial charge on any atom is -0.349 e. The van der Waals surface area contributed by atoms with Gasteiger partial charge in [-0.2, -0.15) is 0 Å². The molecule has 1 atom stereocenters. The van der Waals surface area contributed by atoms with Crippen molar-refractivity contribution in [2.75, 3.05) is 12.8 Å². The first kappa shape index (κ1) is 16.5. The van der Waals surface area contributed by atoms with Gasteiger partial charge in [0.25, 0.3) is 0 Å². The number of hydrogen-bond donors (Lipinski definition) is 2. The highest BCUT2D eigenvalue weighted by molar-refractivity contribution is 7.88. The molecule has 1 aromatic carbocycles. The number of halogens is 2. The number of rotatable bonds is 6. The van der Waals surface area contributed by atoms with E-state index in [1.807, 2.05) is 0 Å². The molecule has 1 aromatic rings. The Labute approximate surface area is 116 Å². The summed E-state index contributed by atoms with van der Waals surface area (Å²) in [5.74, 6) is -1.67. The van der Waals surface area contributed by atoms with Gasteiger partial charge in [0, 0.05) is 18.5 Å². The van der Waals surface area contributed by atoms with Gasteiger partial charge >= 0.3 is 0 Å². The van der Waals surface area contributed by atoms with Gasteiger partial charge in [-0.05, 0) is 25.1 Å². The maximum absolute atomic E-state index is 13.5. The molecule has 1 unspecified atom stereocenters. The van der Waals surface area contributed by atoms with Crippen LogP contribution in [0.4, 0.5) is 8.78 Å². The number of amides is 1. The zero-order valence-electron chi connectivity index (χ0n) is 11.1. The fourth-order valence-electron chi connectivity index (χ4n) is 1.59. The van der Waals surface area contributed by atoms with Crippen LogP contribution in [0.1, 0.15) is 24.9 Å². The van der Waals surface area contributed by atoms with Crippen LogP contribution in [0.25, 0.3) is 0 Å². The van der Waals surface area contributed by atoms with Crippen molar-refractivity contribution in [1.82, 2.24) is 10.0 Å². The van der Waals surface area contributed by atoms with E-state index in [0.717, 1.165) is 24.5 Å². The zero-order chi connectivity index (χ0) is 15.3. The highest BCUT2D eigenvalue weighted by Crippen LogP contribution is 2.17. The molecule has 0 aliphatic carbocycles. The number of carbonyl (C=O) groups is 1. The van der Waals surface area contributed by atoms with E-state index in [1.165, 1.54) is 6.92 Å². The number of hydrogen-bond acceptors (Lipinski definition) is 3. The predicted molar refractivity (Wildman–Crippen MR) is 70.4 cm³/mol. The Morgan fingerprint density at radius 1 is 1.35 bits per heavy atom. The van der Waals surface area contributed by atoms with Gasteiger partial charge in [0.1, 0.15) is 11.6 Å². The molecule has 112 valence electrons. The summed E-state index contributed by atoms with van der Waals surface area (Å²) in [6, 6.07) is 2.27. The Morgan fingerprint density at radius 3 is 2.60 bits per heavy atom. The van der Waals surface area contributed by atoms with E-state index >= 15 is 0 Å². The molecule has 5 nitrogen and oxygen atoms in total. The normalized spacial score (nSPS) is 13.0. The molecule has 0 aromatic heterocycles. The Bertz CT molecular complexity index is 590. The highest BCUT2D eigenvalue weighted by Gasteiger charge is 2.14. The maximum Gasteiger partial charge on any atom is 0.221 e. The number of benzene rings is 1. The first-order chi connectivity index (χ1) is 9.19.